The van der Waals surface area contributed by atoms with Gasteiger partial charge in [-0.25, -0.2) is 18.6 Å². The van der Waals surface area contributed by atoms with E-state index in [-0.39, 0.29) is 11.3 Å². The summed E-state index contributed by atoms with van der Waals surface area (Å²) in [6.07, 6.45) is 0. The number of aromatic carboxylic acids is 1. The lowest BCUT2D eigenvalue weighted by atomic mass is 9.91. The van der Waals surface area contributed by atoms with Gasteiger partial charge in [0.1, 0.15) is 11.6 Å². The maximum atomic E-state index is 14.3. The first-order valence-corrected chi connectivity index (χ1v) is 9.28. The van der Waals surface area contributed by atoms with Gasteiger partial charge >= 0.3 is 5.97 Å². The minimum Gasteiger partial charge on any atom is -0.478 e. The Labute approximate surface area is 163 Å². The normalized spacial score (nSPS) is 14.8. The Hall–Kier alpha value is -3.13. The predicted molar refractivity (Wildman–Crippen MR) is 104 cm³/mol. The molecule has 1 aromatic heterocycles. The van der Waals surface area contributed by atoms with Gasteiger partial charge in [0, 0.05) is 22.6 Å². The summed E-state index contributed by atoms with van der Waals surface area (Å²) < 4.78 is 27.9. The summed E-state index contributed by atoms with van der Waals surface area (Å²) in [6.45, 7) is 3.56. The summed E-state index contributed by atoms with van der Waals surface area (Å²) in [5, 5.41) is 14.3. The van der Waals surface area contributed by atoms with Gasteiger partial charge in [-0.05, 0) is 32.0 Å². The van der Waals surface area contributed by atoms with Crippen molar-refractivity contribution in [3.05, 3.63) is 69.5 Å². The van der Waals surface area contributed by atoms with Crippen molar-refractivity contribution < 1.29 is 18.7 Å². The van der Waals surface area contributed by atoms with Gasteiger partial charge in [0.25, 0.3) is 0 Å². The number of thiazole rings is 1. The van der Waals surface area contributed by atoms with Crippen molar-refractivity contribution in [3.8, 4) is 11.3 Å². The smallest absolute Gasteiger partial charge is 0.335 e. The van der Waals surface area contributed by atoms with Gasteiger partial charge in [0.05, 0.1) is 22.5 Å². The third-order valence-electron chi connectivity index (χ3n) is 4.48. The molecule has 2 heterocycles. The molecular weight excluding hydrogens is 384 g/mol. The van der Waals surface area contributed by atoms with Crippen LogP contribution in [0.3, 0.4) is 0 Å². The summed E-state index contributed by atoms with van der Waals surface area (Å²) in [4.78, 5) is 20.1. The summed E-state index contributed by atoms with van der Waals surface area (Å²) in [5.41, 5.74) is 1.42. The number of fused-ring (bicyclic) bond motifs is 1. The van der Waals surface area contributed by atoms with Gasteiger partial charge in [-0.2, -0.15) is 0 Å². The number of aromatic nitrogens is 1. The highest BCUT2D eigenvalue weighted by atomic mass is 32.1. The molecule has 4 rings (SSSR count). The van der Waals surface area contributed by atoms with Crippen LogP contribution in [0.15, 0.2) is 46.8 Å². The molecule has 0 fully saturated rings. The van der Waals surface area contributed by atoms with Crippen LogP contribution < -0.4 is 5.32 Å². The molecule has 0 spiro atoms. The van der Waals surface area contributed by atoms with E-state index in [4.69, 9.17) is 5.11 Å². The summed E-state index contributed by atoms with van der Waals surface area (Å²) in [7, 11) is 0. The van der Waals surface area contributed by atoms with Gasteiger partial charge in [0.15, 0.2) is 10.8 Å². The van der Waals surface area contributed by atoms with E-state index >= 15 is 0 Å². The fourth-order valence-electron chi connectivity index (χ4n) is 3.07. The van der Waals surface area contributed by atoms with Gasteiger partial charge in [0.2, 0.25) is 0 Å². The molecule has 8 heteroatoms. The topological polar surface area (TPSA) is 74.6 Å². The second-order valence-corrected chi connectivity index (χ2v) is 7.73. The number of halogens is 2. The van der Waals surface area contributed by atoms with Gasteiger partial charge in [-0.3, -0.25) is 4.99 Å². The fraction of sp³-hybridized carbons (Fsp3) is 0.150. The van der Waals surface area contributed by atoms with Crippen LogP contribution in [0.4, 0.5) is 14.5 Å². The first-order valence-electron chi connectivity index (χ1n) is 8.40. The van der Waals surface area contributed by atoms with Gasteiger partial charge in [-0.1, -0.05) is 12.1 Å². The molecule has 2 aromatic carbocycles. The number of anilines is 1. The lowest BCUT2D eigenvalue weighted by molar-refractivity contribution is 0.0697. The molecule has 3 aromatic rings. The molecule has 28 heavy (non-hydrogen) atoms. The number of carboxylic acid groups (broad SMARTS) is 1. The number of carbonyl (C=O) groups is 1. The number of nitrogens with one attached hydrogen (secondary N) is 1. The lowest BCUT2D eigenvalue weighted by Gasteiger charge is -2.30. The van der Waals surface area contributed by atoms with Crippen LogP contribution in [-0.4, -0.2) is 21.9 Å². The van der Waals surface area contributed by atoms with E-state index < -0.39 is 23.1 Å². The summed E-state index contributed by atoms with van der Waals surface area (Å²) >= 11 is 1.33. The van der Waals surface area contributed by atoms with E-state index in [1.807, 2.05) is 5.38 Å². The number of amidine groups is 1. The average molecular weight is 399 g/mol. The van der Waals surface area contributed by atoms with Crippen LogP contribution >= 0.6 is 11.3 Å². The fourth-order valence-corrected chi connectivity index (χ4v) is 3.84. The van der Waals surface area contributed by atoms with E-state index in [0.717, 1.165) is 11.6 Å². The molecule has 0 aliphatic carbocycles. The van der Waals surface area contributed by atoms with E-state index in [2.05, 4.69) is 15.3 Å². The highest BCUT2D eigenvalue weighted by molar-refractivity contribution is 7.12. The molecule has 5 nitrogen and oxygen atoms in total. The van der Waals surface area contributed by atoms with Crippen molar-refractivity contribution in [1.82, 2.24) is 4.98 Å². The zero-order chi connectivity index (χ0) is 20.1. The Morgan fingerprint density at radius 1 is 1.18 bits per heavy atom. The third kappa shape index (κ3) is 3.16. The number of rotatable bonds is 3. The minimum atomic E-state index is -0.995. The Kier molecular flexibility index (Phi) is 4.23. The van der Waals surface area contributed by atoms with Gasteiger partial charge in [-0.15, -0.1) is 11.3 Å². The predicted octanol–water partition coefficient (Wildman–Crippen LogP) is 4.89. The SMILES string of the molecule is CC1(C)N=C(c2nc(-c3ccc(C(=O)O)cc3)cs2)Nc2c(F)cc(F)cc21. The number of hydrogen-bond donors (Lipinski definition) is 2. The van der Waals surface area contributed by atoms with Crippen molar-refractivity contribution in [2.24, 2.45) is 4.99 Å². The van der Waals surface area contributed by atoms with Gasteiger partial charge < -0.3 is 10.4 Å². The van der Waals surface area contributed by atoms with Crippen LogP contribution in [0.1, 0.15) is 34.8 Å². The Morgan fingerprint density at radius 3 is 2.57 bits per heavy atom. The molecule has 0 atom stereocenters. The van der Waals surface area contributed by atoms with Crippen molar-refractivity contribution in [3.63, 3.8) is 0 Å². The molecular formula is C20H15F2N3O2S. The molecule has 1 aliphatic rings. The Morgan fingerprint density at radius 2 is 1.89 bits per heavy atom. The second kappa shape index (κ2) is 6.49. The highest BCUT2D eigenvalue weighted by Gasteiger charge is 2.32. The number of carboxylic acids is 1. The zero-order valence-corrected chi connectivity index (χ0v) is 15.8. The molecule has 0 unspecified atom stereocenters. The highest BCUT2D eigenvalue weighted by Crippen LogP contribution is 2.38. The van der Waals surface area contributed by atoms with E-state index in [9.17, 15) is 13.6 Å². The number of nitrogens with zero attached hydrogens (tertiary/aromatic N) is 2. The monoisotopic (exact) mass is 399 g/mol. The second-order valence-electron chi connectivity index (χ2n) is 6.88. The first kappa shape index (κ1) is 18.2. The Balaban J connectivity index is 1.69. The largest absolute Gasteiger partial charge is 0.478 e. The molecule has 0 bridgehead atoms. The van der Waals surface area contributed by atoms with Crippen molar-refractivity contribution in [2.75, 3.05) is 5.32 Å². The van der Waals surface area contributed by atoms with Crippen molar-refractivity contribution >= 4 is 28.8 Å². The molecule has 142 valence electrons. The van der Waals surface area contributed by atoms with Crippen LogP contribution in [0.25, 0.3) is 11.3 Å². The standard InChI is InChI=1S/C20H15F2N3O2S/c1-20(2)13-7-12(21)8-14(22)16(13)24-17(25-20)18-23-15(9-28-18)10-3-5-11(6-4-10)19(26)27/h3-9H,1-2H3,(H,24,25)(H,26,27). The van der Waals surface area contributed by atoms with Crippen LogP contribution in [0, 0.1) is 11.6 Å². The molecule has 0 saturated carbocycles. The minimum absolute atomic E-state index is 0.193. The first-order chi connectivity index (χ1) is 13.2. The molecule has 0 saturated heterocycles. The lowest BCUT2D eigenvalue weighted by Crippen LogP contribution is -2.30. The van der Waals surface area contributed by atoms with Crippen LogP contribution in [-0.2, 0) is 5.54 Å². The number of aliphatic imine (C=N–C) groups is 1. The van der Waals surface area contributed by atoms with E-state index in [0.29, 0.717) is 22.1 Å². The maximum absolute atomic E-state index is 14.3. The number of hydrogen-bond acceptors (Lipinski definition) is 5. The molecule has 1 aliphatic heterocycles. The molecule has 0 amide bonds. The Bertz CT molecular complexity index is 1120. The van der Waals surface area contributed by atoms with Crippen LogP contribution in [0.2, 0.25) is 0 Å². The average Bonchev–Trinajstić information content (AvgIpc) is 3.12. The summed E-state index contributed by atoms with van der Waals surface area (Å²) in [5.74, 6) is -1.92. The van der Waals surface area contributed by atoms with Crippen molar-refractivity contribution in [1.29, 1.82) is 0 Å². The van der Waals surface area contributed by atoms with Crippen LogP contribution in [0.5, 0.6) is 0 Å². The summed E-state index contributed by atoms with van der Waals surface area (Å²) in [6, 6.07) is 8.50. The quantitative estimate of drug-likeness (QED) is 0.657. The van der Waals surface area contributed by atoms with E-state index in [1.54, 1.807) is 26.0 Å². The molecule has 0 radical (unpaired) electrons. The van der Waals surface area contributed by atoms with Crippen molar-refractivity contribution in [2.45, 2.75) is 19.4 Å². The zero-order valence-electron chi connectivity index (χ0n) is 15.0. The molecule has 2 N–H and O–H groups in total. The number of benzene rings is 2. The van der Waals surface area contributed by atoms with E-state index in [1.165, 1.54) is 29.5 Å². The maximum Gasteiger partial charge on any atom is 0.335 e. The third-order valence-corrected chi connectivity index (χ3v) is 5.33.